The van der Waals surface area contributed by atoms with Crippen LogP contribution in [0.2, 0.25) is 0 Å². The molecule has 0 aliphatic rings. The van der Waals surface area contributed by atoms with Crippen LogP contribution in [0.5, 0.6) is 0 Å². The van der Waals surface area contributed by atoms with Crippen molar-refractivity contribution in [1.82, 2.24) is 10.1 Å². The number of hydrogen-bond donors (Lipinski definition) is 1. The molecule has 0 atom stereocenters. The van der Waals surface area contributed by atoms with E-state index in [1.807, 2.05) is 24.3 Å². The summed E-state index contributed by atoms with van der Waals surface area (Å²) in [5, 5.41) is 6.49. The van der Waals surface area contributed by atoms with Crippen LogP contribution in [0.25, 0.3) is 0 Å². The lowest BCUT2D eigenvalue weighted by molar-refractivity contribution is -0.115. The third-order valence-electron chi connectivity index (χ3n) is 2.75. The van der Waals surface area contributed by atoms with Gasteiger partial charge in [0.05, 0.1) is 6.42 Å². The molecule has 1 amide bonds. The van der Waals surface area contributed by atoms with Gasteiger partial charge >= 0.3 is 0 Å². The molecule has 0 aliphatic heterocycles. The number of carbonyl (C=O) groups excluding carboxylic acids is 1. The summed E-state index contributed by atoms with van der Waals surface area (Å²) in [6, 6.07) is 7.82. The number of carbonyl (C=O) groups is 1. The first-order valence-electron chi connectivity index (χ1n) is 6.23. The maximum absolute atomic E-state index is 11.8. The van der Waals surface area contributed by atoms with E-state index in [1.54, 1.807) is 6.92 Å². The first kappa shape index (κ1) is 13.3. The fraction of sp³-hybridized carbons (Fsp3) is 0.357. The molecule has 1 aromatic carbocycles. The Balaban J connectivity index is 1.95. The zero-order valence-corrected chi connectivity index (χ0v) is 11.3. The smallest absolute Gasteiger partial charge is 0.232 e. The Morgan fingerprint density at radius 1 is 1.32 bits per heavy atom. The van der Waals surface area contributed by atoms with Crippen LogP contribution >= 0.6 is 0 Å². The van der Waals surface area contributed by atoms with Gasteiger partial charge in [-0.25, -0.2) is 0 Å². The minimum absolute atomic E-state index is 0.114. The lowest BCUT2D eigenvalue weighted by Gasteiger charge is -2.07. The summed E-state index contributed by atoms with van der Waals surface area (Å²) in [6.07, 6.45) is 0.114. The molecule has 0 fully saturated rings. The lowest BCUT2D eigenvalue weighted by atomic mass is 10.0. The molecule has 2 aromatic rings. The van der Waals surface area contributed by atoms with E-state index in [4.69, 9.17) is 4.52 Å². The first-order valence-corrected chi connectivity index (χ1v) is 6.23. The fourth-order valence-electron chi connectivity index (χ4n) is 1.71. The van der Waals surface area contributed by atoms with Crippen LogP contribution in [-0.2, 0) is 11.2 Å². The Hall–Kier alpha value is -2.17. The van der Waals surface area contributed by atoms with Gasteiger partial charge in [-0.3, -0.25) is 4.79 Å². The minimum atomic E-state index is -0.155. The highest BCUT2D eigenvalue weighted by Crippen LogP contribution is 2.17. The SMILES string of the molecule is Cc1nc(CC(=O)Nc2ccc(C(C)C)cc2)no1. The van der Waals surface area contributed by atoms with Gasteiger partial charge in [0.15, 0.2) is 5.82 Å². The first-order chi connectivity index (χ1) is 9.04. The summed E-state index contributed by atoms with van der Waals surface area (Å²) in [6.45, 7) is 5.96. The van der Waals surface area contributed by atoms with E-state index in [0.29, 0.717) is 17.6 Å². The van der Waals surface area contributed by atoms with Crippen molar-refractivity contribution in [3.05, 3.63) is 41.5 Å². The zero-order valence-electron chi connectivity index (χ0n) is 11.3. The summed E-state index contributed by atoms with van der Waals surface area (Å²) < 4.78 is 4.82. The third-order valence-corrected chi connectivity index (χ3v) is 2.75. The number of benzene rings is 1. The number of rotatable bonds is 4. The molecule has 0 radical (unpaired) electrons. The van der Waals surface area contributed by atoms with Gasteiger partial charge < -0.3 is 9.84 Å². The number of aryl methyl sites for hydroxylation is 1. The number of hydrogen-bond acceptors (Lipinski definition) is 4. The number of anilines is 1. The van der Waals surface area contributed by atoms with Crippen molar-refractivity contribution in [2.45, 2.75) is 33.1 Å². The van der Waals surface area contributed by atoms with E-state index < -0.39 is 0 Å². The van der Waals surface area contributed by atoms with Gasteiger partial charge in [-0.2, -0.15) is 4.98 Å². The highest BCUT2D eigenvalue weighted by molar-refractivity contribution is 5.91. The van der Waals surface area contributed by atoms with E-state index in [9.17, 15) is 4.79 Å². The second-order valence-corrected chi connectivity index (χ2v) is 4.73. The molecule has 0 unspecified atom stereocenters. The predicted octanol–water partition coefficient (Wildman–Crippen LogP) is 2.68. The normalized spacial score (nSPS) is 10.7. The lowest BCUT2D eigenvalue weighted by Crippen LogP contribution is -2.15. The van der Waals surface area contributed by atoms with Crippen molar-refractivity contribution in [3.63, 3.8) is 0 Å². The molecule has 0 saturated carbocycles. The molecule has 1 heterocycles. The van der Waals surface area contributed by atoms with Crippen molar-refractivity contribution >= 4 is 11.6 Å². The van der Waals surface area contributed by atoms with Crippen LogP contribution in [-0.4, -0.2) is 16.0 Å². The van der Waals surface area contributed by atoms with E-state index in [-0.39, 0.29) is 12.3 Å². The van der Waals surface area contributed by atoms with Gasteiger partial charge in [0.2, 0.25) is 11.8 Å². The van der Waals surface area contributed by atoms with E-state index in [0.717, 1.165) is 5.69 Å². The average molecular weight is 259 g/mol. The molecule has 19 heavy (non-hydrogen) atoms. The molecule has 5 nitrogen and oxygen atoms in total. The number of nitrogens with one attached hydrogen (secondary N) is 1. The van der Waals surface area contributed by atoms with Crippen molar-refractivity contribution in [1.29, 1.82) is 0 Å². The highest BCUT2D eigenvalue weighted by atomic mass is 16.5. The zero-order chi connectivity index (χ0) is 13.8. The van der Waals surface area contributed by atoms with Crippen LogP contribution in [0, 0.1) is 6.92 Å². The minimum Gasteiger partial charge on any atom is -0.340 e. The molecule has 0 bridgehead atoms. The molecular formula is C14H17N3O2. The maximum Gasteiger partial charge on any atom is 0.232 e. The predicted molar refractivity (Wildman–Crippen MR) is 71.9 cm³/mol. The monoisotopic (exact) mass is 259 g/mol. The van der Waals surface area contributed by atoms with E-state index in [2.05, 4.69) is 29.3 Å². The molecule has 0 saturated heterocycles. The maximum atomic E-state index is 11.8. The van der Waals surface area contributed by atoms with Gasteiger partial charge in [-0.1, -0.05) is 31.1 Å². The standard InChI is InChI=1S/C14H17N3O2/c1-9(2)11-4-6-12(7-5-11)16-14(18)8-13-15-10(3)19-17-13/h4-7,9H,8H2,1-3H3,(H,16,18). The van der Waals surface area contributed by atoms with Crippen LogP contribution in [0.3, 0.4) is 0 Å². The largest absolute Gasteiger partial charge is 0.340 e. The van der Waals surface area contributed by atoms with Gasteiger partial charge in [0.1, 0.15) is 0 Å². The van der Waals surface area contributed by atoms with Crippen molar-refractivity contribution < 1.29 is 9.32 Å². The fourth-order valence-corrected chi connectivity index (χ4v) is 1.71. The molecular weight excluding hydrogens is 242 g/mol. The van der Waals surface area contributed by atoms with Crippen LogP contribution in [0.15, 0.2) is 28.8 Å². The number of aromatic nitrogens is 2. The van der Waals surface area contributed by atoms with Crippen molar-refractivity contribution in [2.24, 2.45) is 0 Å². The quantitative estimate of drug-likeness (QED) is 0.916. The number of amides is 1. The van der Waals surface area contributed by atoms with Crippen LogP contribution in [0.1, 0.15) is 37.0 Å². The summed E-state index contributed by atoms with van der Waals surface area (Å²) in [4.78, 5) is 15.8. The van der Waals surface area contributed by atoms with Crippen LogP contribution in [0.4, 0.5) is 5.69 Å². The van der Waals surface area contributed by atoms with Crippen molar-refractivity contribution in [2.75, 3.05) is 5.32 Å². The van der Waals surface area contributed by atoms with Gasteiger partial charge in [0, 0.05) is 12.6 Å². The molecule has 2 rings (SSSR count). The molecule has 1 N–H and O–H groups in total. The average Bonchev–Trinajstić information content (AvgIpc) is 2.75. The summed E-state index contributed by atoms with van der Waals surface area (Å²) in [7, 11) is 0. The van der Waals surface area contributed by atoms with Crippen LogP contribution < -0.4 is 5.32 Å². The second-order valence-electron chi connectivity index (χ2n) is 4.73. The van der Waals surface area contributed by atoms with Gasteiger partial charge in [0.25, 0.3) is 0 Å². The topological polar surface area (TPSA) is 68.0 Å². The number of nitrogens with zero attached hydrogens (tertiary/aromatic N) is 2. The Labute approximate surface area is 112 Å². The van der Waals surface area contributed by atoms with Gasteiger partial charge in [-0.15, -0.1) is 0 Å². The molecule has 100 valence electrons. The Morgan fingerprint density at radius 3 is 2.53 bits per heavy atom. The van der Waals surface area contributed by atoms with E-state index >= 15 is 0 Å². The van der Waals surface area contributed by atoms with E-state index in [1.165, 1.54) is 5.56 Å². The summed E-state index contributed by atoms with van der Waals surface area (Å²) in [5.74, 6) is 1.18. The summed E-state index contributed by atoms with van der Waals surface area (Å²) in [5.41, 5.74) is 2.02. The molecule has 1 aromatic heterocycles. The Bertz CT molecular complexity index is 558. The molecule has 5 heteroatoms. The van der Waals surface area contributed by atoms with Gasteiger partial charge in [-0.05, 0) is 23.6 Å². The highest BCUT2D eigenvalue weighted by Gasteiger charge is 2.09. The van der Waals surface area contributed by atoms with Crippen molar-refractivity contribution in [3.8, 4) is 0 Å². The Kier molecular flexibility index (Phi) is 3.94. The second kappa shape index (κ2) is 5.65. The third kappa shape index (κ3) is 3.64. The molecule has 0 spiro atoms. The summed E-state index contributed by atoms with van der Waals surface area (Å²) >= 11 is 0. The Morgan fingerprint density at radius 2 is 2.00 bits per heavy atom. The molecule has 0 aliphatic carbocycles.